The Kier molecular flexibility index (Phi) is 7.29. The van der Waals surface area contributed by atoms with Crippen LogP contribution in [0.15, 0.2) is 0 Å². The molecule has 0 saturated carbocycles. The van der Waals surface area contributed by atoms with Crippen LogP contribution in [-0.4, -0.2) is 66.3 Å². The van der Waals surface area contributed by atoms with Crippen molar-refractivity contribution in [1.29, 1.82) is 0 Å². The van der Waals surface area contributed by atoms with Crippen molar-refractivity contribution in [2.24, 2.45) is 5.73 Å². The SMILES string of the molecule is CCN1CCC(N(C)CCCCC(C)(N)CO)CC1. The lowest BCUT2D eigenvalue weighted by Gasteiger charge is -2.36. The Bertz CT molecular complexity index is 238. The largest absolute Gasteiger partial charge is 0.394 e. The first-order valence-electron chi connectivity index (χ1n) is 7.81. The number of likely N-dealkylation sites (tertiary alicyclic amines) is 1. The van der Waals surface area contributed by atoms with Crippen molar-refractivity contribution < 1.29 is 5.11 Å². The standard InChI is InChI=1S/C15H33N3O/c1-4-18-11-7-14(8-12-18)17(3)10-6-5-9-15(2,16)13-19/h14,19H,4-13,16H2,1-3H3. The smallest absolute Gasteiger partial charge is 0.0608 e. The molecule has 4 heteroatoms. The van der Waals surface area contributed by atoms with Gasteiger partial charge < -0.3 is 20.6 Å². The minimum absolute atomic E-state index is 0.0817. The molecule has 1 atom stereocenters. The van der Waals surface area contributed by atoms with Gasteiger partial charge in [0.15, 0.2) is 0 Å². The summed E-state index contributed by atoms with van der Waals surface area (Å²) in [5.74, 6) is 0. The van der Waals surface area contributed by atoms with E-state index in [4.69, 9.17) is 10.8 Å². The Balaban J connectivity index is 2.13. The van der Waals surface area contributed by atoms with E-state index in [1.807, 2.05) is 6.92 Å². The van der Waals surface area contributed by atoms with Gasteiger partial charge in [-0.2, -0.15) is 0 Å². The van der Waals surface area contributed by atoms with E-state index in [1.54, 1.807) is 0 Å². The fraction of sp³-hybridized carbons (Fsp3) is 1.00. The zero-order valence-electron chi connectivity index (χ0n) is 13.1. The zero-order valence-corrected chi connectivity index (χ0v) is 13.1. The van der Waals surface area contributed by atoms with Gasteiger partial charge in [-0.1, -0.05) is 13.3 Å². The van der Waals surface area contributed by atoms with Crippen LogP contribution in [0.4, 0.5) is 0 Å². The number of piperidine rings is 1. The highest BCUT2D eigenvalue weighted by atomic mass is 16.3. The number of nitrogens with two attached hydrogens (primary N) is 1. The maximum absolute atomic E-state index is 9.11. The van der Waals surface area contributed by atoms with Crippen LogP contribution in [0, 0.1) is 0 Å². The topological polar surface area (TPSA) is 52.7 Å². The number of hydrogen-bond donors (Lipinski definition) is 2. The van der Waals surface area contributed by atoms with Crippen LogP contribution in [-0.2, 0) is 0 Å². The summed E-state index contributed by atoms with van der Waals surface area (Å²) in [7, 11) is 2.25. The highest BCUT2D eigenvalue weighted by Crippen LogP contribution is 2.16. The van der Waals surface area contributed by atoms with Crippen LogP contribution in [0.2, 0.25) is 0 Å². The number of unbranched alkanes of at least 4 members (excludes halogenated alkanes) is 1. The molecule has 114 valence electrons. The summed E-state index contributed by atoms with van der Waals surface area (Å²) in [4.78, 5) is 5.05. The molecule has 0 aromatic heterocycles. The molecule has 1 heterocycles. The fourth-order valence-electron chi connectivity index (χ4n) is 2.83. The Morgan fingerprint density at radius 1 is 1.32 bits per heavy atom. The van der Waals surface area contributed by atoms with Gasteiger partial charge in [-0.3, -0.25) is 0 Å². The van der Waals surface area contributed by atoms with Crippen molar-refractivity contribution in [2.75, 3.05) is 39.8 Å². The second kappa shape index (κ2) is 8.20. The highest BCUT2D eigenvalue weighted by Gasteiger charge is 2.21. The average molecular weight is 271 g/mol. The highest BCUT2D eigenvalue weighted by molar-refractivity contribution is 4.79. The van der Waals surface area contributed by atoms with Crippen LogP contribution in [0.25, 0.3) is 0 Å². The van der Waals surface area contributed by atoms with Crippen molar-refractivity contribution in [3.05, 3.63) is 0 Å². The van der Waals surface area contributed by atoms with Gasteiger partial charge in [0, 0.05) is 11.6 Å². The molecule has 1 fully saturated rings. The molecule has 0 aliphatic carbocycles. The van der Waals surface area contributed by atoms with E-state index in [-0.39, 0.29) is 6.61 Å². The third-order valence-corrected chi connectivity index (χ3v) is 4.50. The van der Waals surface area contributed by atoms with Crippen molar-refractivity contribution in [3.63, 3.8) is 0 Å². The molecule has 0 spiro atoms. The van der Waals surface area contributed by atoms with Gasteiger partial charge >= 0.3 is 0 Å². The van der Waals surface area contributed by atoms with Crippen LogP contribution in [0.3, 0.4) is 0 Å². The lowest BCUT2D eigenvalue weighted by atomic mass is 9.97. The Labute approximate surface area is 118 Å². The average Bonchev–Trinajstić information content (AvgIpc) is 2.43. The minimum atomic E-state index is -0.398. The molecule has 1 unspecified atom stereocenters. The zero-order chi connectivity index (χ0) is 14.3. The third kappa shape index (κ3) is 6.21. The summed E-state index contributed by atoms with van der Waals surface area (Å²) in [5.41, 5.74) is 5.54. The van der Waals surface area contributed by atoms with E-state index >= 15 is 0 Å². The van der Waals surface area contributed by atoms with Gasteiger partial charge in [-0.15, -0.1) is 0 Å². The summed E-state index contributed by atoms with van der Waals surface area (Å²) in [6.45, 7) is 9.09. The van der Waals surface area contributed by atoms with Crippen molar-refractivity contribution in [2.45, 2.75) is 57.5 Å². The number of hydrogen-bond acceptors (Lipinski definition) is 4. The summed E-state index contributed by atoms with van der Waals surface area (Å²) < 4.78 is 0. The molecule has 0 amide bonds. The van der Waals surface area contributed by atoms with Crippen LogP contribution < -0.4 is 5.73 Å². The molecule has 0 bridgehead atoms. The van der Waals surface area contributed by atoms with Crippen LogP contribution in [0.1, 0.15) is 46.0 Å². The van der Waals surface area contributed by atoms with E-state index in [2.05, 4.69) is 23.8 Å². The minimum Gasteiger partial charge on any atom is -0.394 e. The van der Waals surface area contributed by atoms with Gasteiger partial charge in [0.25, 0.3) is 0 Å². The van der Waals surface area contributed by atoms with Crippen molar-refractivity contribution in [3.8, 4) is 0 Å². The van der Waals surface area contributed by atoms with Crippen molar-refractivity contribution in [1.82, 2.24) is 9.80 Å². The van der Waals surface area contributed by atoms with Crippen molar-refractivity contribution >= 4 is 0 Å². The molecule has 0 aromatic rings. The molecule has 0 radical (unpaired) electrons. The second-order valence-electron chi connectivity index (χ2n) is 6.42. The molecular weight excluding hydrogens is 238 g/mol. The van der Waals surface area contributed by atoms with Crippen LogP contribution >= 0.6 is 0 Å². The number of aliphatic hydroxyl groups excluding tert-OH is 1. The molecule has 19 heavy (non-hydrogen) atoms. The van der Waals surface area contributed by atoms with E-state index in [0.717, 1.165) is 25.4 Å². The number of nitrogens with zero attached hydrogens (tertiary/aromatic N) is 2. The molecule has 1 saturated heterocycles. The predicted octanol–water partition coefficient (Wildman–Crippen LogP) is 1.28. The van der Waals surface area contributed by atoms with E-state index in [1.165, 1.54) is 38.9 Å². The Morgan fingerprint density at radius 3 is 2.47 bits per heavy atom. The predicted molar refractivity (Wildman–Crippen MR) is 81.3 cm³/mol. The number of aliphatic hydroxyl groups is 1. The quantitative estimate of drug-likeness (QED) is 0.653. The summed E-state index contributed by atoms with van der Waals surface area (Å²) in [5, 5.41) is 9.11. The molecular formula is C15H33N3O. The van der Waals surface area contributed by atoms with Crippen LogP contribution in [0.5, 0.6) is 0 Å². The van der Waals surface area contributed by atoms with E-state index < -0.39 is 5.54 Å². The Morgan fingerprint density at radius 2 is 1.95 bits per heavy atom. The third-order valence-electron chi connectivity index (χ3n) is 4.50. The molecule has 0 aromatic carbocycles. The fourth-order valence-corrected chi connectivity index (χ4v) is 2.83. The first-order chi connectivity index (χ1) is 8.98. The monoisotopic (exact) mass is 271 g/mol. The molecule has 3 N–H and O–H groups in total. The molecule has 1 rings (SSSR count). The normalized spacial score (nSPS) is 21.8. The maximum atomic E-state index is 9.11. The van der Waals surface area contributed by atoms with Gasteiger partial charge in [0.05, 0.1) is 6.61 Å². The van der Waals surface area contributed by atoms with Gasteiger partial charge in [0.2, 0.25) is 0 Å². The van der Waals surface area contributed by atoms with Gasteiger partial charge in [0.1, 0.15) is 0 Å². The molecule has 1 aliphatic rings. The lowest BCUT2D eigenvalue weighted by molar-refractivity contribution is 0.128. The summed E-state index contributed by atoms with van der Waals surface area (Å²) in [6.07, 6.45) is 5.79. The van der Waals surface area contributed by atoms with Gasteiger partial charge in [-0.05, 0) is 65.8 Å². The van der Waals surface area contributed by atoms with E-state index in [0.29, 0.717) is 0 Å². The molecule has 1 aliphatic heterocycles. The van der Waals surface area contributed by atoms with E-state index in [9.17, 15) is 0 Å². The Hall–Kier alpha value is -0.160. The molecule has 4 nitrogen and oxygen atoms in total. The lowest BCUT2D eigenvalue weighted by Crippen LogP contribution is -2.43. The first kappa shape index (κ1) is 16.9. The first-order valence-corrected chi connectivity index (χ1v) is 7.81. The van der Waals surface area contributed by atoms with Gasteiger partial charge in [-0.25, -0.2) is 0 Å². The number of rotatable bonds is 8. The summed E-state index contributed by atoms with van der Waals surface area (Å²) >= 11 is 0. The maximum Gasteiger partial charge on any atom is 0.0608 e. The summed E-state index contributed by atoms with van der Waals surface area (Å²) in [6, 6.07) is 0.755. The second-order valence-corrected chi connectivity index (χ2v) is 6.42.